The summed E-state index contributed by atoms with van der Waals surface area (Å²) in [6.45, 7) is 0. The minimum atomic E-state index is -1.36. The van der Waals surface area contributed by atoms with Crippen LogP contribution < -0.4 is 0 Å². The molecule has 0 aromatic heterocycles. The molecule has 8 heteroatoms. The van der Waals surface area contributed by atoms with Crippen LogP contribution in [0.4, 0.5) is 5.69 Å². The molecule has 102 valence electrons. The molecule has 0 radical (unpaired) electrons. The quantitative estimate of drug-likeness (QED) is 0.655. The number of rotatable bonds is 3. The average molecular weight is 340 g/mol. The summed E-state index contributed by atoms with van der Waals surface area (Å²) in [6, 6.07) is 4.89. The lowest BCUT2D eigenvalue weighted by Crippen LogP contribution is -2.06. The Kier molecular flexibility index (Phi) is 3.41. The van der Waals surface area contributed by atoms with Crippen LogP contribution in [0.2, 0.25) is 0 Å². The van der Waals surface area contributed by atoms with E-state index in [1.165, 1.54) is 18.2 Å². The van der Waals surface area contributed by atoms with Crippen molar-refractivity contribution >= 4 is 44.3 Å². The Bertz CT molecular complexity index is 770. The lowest BCUT2D eigenvalue weighted by atomic mass is 9.98. The highest BCUT2D eigenvalue weighted by molar-refractivity contribution is 9.10. The summed E-state index contributed by atoms with van der Waals surface area (Å²) in [5, 5.41) is 29.1. The van der Waals surface area contributed by atoms with Gasteiger partial charge in [-0.3, -0.25) is 10.1 Å². The first kappa shape index (κ1) is 13.9. The molecule has 0 aliphatic carbocycles. The van der Waals surface area contributed by atoms with Crippen molar-refractivity contribution < 1.29 is 24.7 Å². The maximum absolute atomic E-state index is 11.2. The molecule has 2 rings (SSSR count). The Hall–Kier alpha value is -2.48. The summed E-state index contributed by atoms with van der Waals surface area (Å²) in [7, 11) is 0. The molecule has 2 aromatic carbocycles. The molecular weight excluding hydrogens is 334 g/mol. The average Bonchev–Trinajstić information content (AvgIpc) is 2.35. The second-order valence-corrected chi connectivity index (χ2v) is 4.70. The number of fused-ring (bicyclic) bond motifs is 1. The van der Waals surface area contributed by atoms with Gasteiger partial charge in [0.25, 0.3) is 5.69 Å². The summed E-state index contributed by atoms with van der Waals surface area (Å²) in [5.74, 6) is -2.71. The highest BCUT2D eigenvalue weighted by Gasteiger charge is 2.25. The molecule has 20 heavy (non-hydrogen) atoms. The third-order valence-electron chi connectivity index (χ3n) is 2.73. The number of hydrogen-bond acceptors (Lipinski definition) is 4. The number of halogens is 1. The Labute approximate surface area is 119 Å². The summed E-state index contributed by atoms with van der Waals surface area (Å²) in [4.78, 5) is 32.8. The van der Waals surface area contributed by atoms with E-state index in [1.807, 2.05) is 0 Å². The van der Waals surface area contributed by atoms with Gasteiger partial charge in [-0.15, -0.1) is 0 Å². The van der Waals surface area contributed by atoms with Gasteiger partial charge >= 0.3 is 11.9 Å². The van der Waals surface area contributed by atoms with E-state index in [9.17, 15) is 19.7 Å². The van der Waals surface area contributed by atoms with Gasteiger partial charge < -0.3 is 10.2 Å². The Morgan fingerprint density at radius 2 is 1.75 bits per heavy atom. The Morgan fingerprint density at radius 3 is 2.25 bits per heavy atom. The van der Waals surface area contributed by atoms with Crippen molar-refractivity contribution in [2.45, 2.75) is 0 Å². The molecule has 0 aliphatic rings. The first-order valence-corrected chi connectivity index (χ1v) is 6.00. The summed E-state index contributed by atoms with van der Waals surface area (Å²) in [6.07, 6.45) is 0. The van der Waals surface area contributed by atoms with E-state index in [4.69, 9.17) is 10.2 Å². The molecule has 0 saturated carbocycles. The molecular formula is C12H6BrNO6. The zero-order chi connectivity index (χ0) is 15.0. The number of nitrogens with zero attached hydrogens (tertiary/aromatic N) is 1. The number of aromatic carboxylic acids is 2. The molecule has 2 aromatic rings. The molecule has 0 fully saturated rings. The van der Waals surface area contributed by atoms with Crippen LogP contribution >= 0.6 is 15.9 Å². The number of carbonyl (C=O) groups is 2. The van der Waals surface area contributed by atoms with Crippen molar-refractivity contribution in [3.8, 4) is 0 Å². The van der Waals surface area contributed by atoms with Gasteiger partial charge in [0.15, 0.2) is 0 Å². The SMILES string of the molecule is O=C(O)c1cccc2c([N+](=O)[O-])c(Br)cc(C(=O)O)c12. The van der Waals surface area contributed by atoms with E-state index < -0.39 is 16.9 Å². The second kappa shape index (κ2) is 4.89. The van der Waals surface area contributed by atoms with E-state index in [0.29, 0.717) is 0 Å². The van der Waals surface area contributed by atoms with Gasteiger partial charge in [-0.1, -0.05) is 6.07 Å². The van der Waals surface area contributed by atoms with Crippen LogP contribution in [0.25, 0.3) is 10.8 Å². The van der Waals surface area contributed by atoms with Crippen LogP contribution in [0.1, 0.15) is 20.7 Å². The van der Waals surface area contributed by atoms with Crippen LogP contribution in [-0.2, 0) is 0 Å². The highest BCUT2D eigenvalue weighted by Crippen LogP contribution is 2.37. The first-order valence-electron chi connectivity index (χ1n) is 5.20. The largest absolute Gasteiger partial charge is 0.478 e. The van der Waals surface area contributed by atoms with Gasteiger partial charge in [0, 0.05) is 5.39 Å². The van der Waals surface area contributed by atoms with Crippen molar-refractivity contribution in [3.63, 3.8) is 0 Å². The molecule has 0 bridgehead atoms. The van der Waals surface area contributed by atoms with Crippen molar-refractivity contribution in [1.82, 2.24) is 0 Å². The van der Waals surface area contributed by atoms with Crippen LogP contribution in [0.15, 0.2) is 28.7 Å². The number of carboxylic acids is 2. The second-order valence-electron chi connectivity index (χ2n) is 3.85. The summed E-state index contributed by atoms with van der Waals surface area (Å²) in [5.41, 5.74) is -0.973. The maximum Gasteiger partial charge on any atom is 0.336 e. The number of hydrogen-bond donors (Lipinski definition) is 2. The lowest BCUT2D eigenvalue weighted by molar-refractivity contribution is -0.383. The van der Waals surface area contributed by atoms with Gasteiger partial charge in [-0.2, -0.15) is 0 Å². The monoisotopic (exact) mass is 339 g/mol. The predicted octanol–water partition coefficient (Wildman–Crippen LogP) is 2.91. The Morgan fingerprint density at radius 1 is 1.15 bits per heavy atom. The van der Waals surface area contributed by atoms with Crippen LogP contribution in [0, 0.1) is 10.1 Å². The lowest BCUT2D eigenvalue weighted by Gasteiger charge is -2.08. The van der Waals surface area contributed by atoms with Crippen LogP contribution in [0.5, 0.6) is 0 Å². The molecule has 0 saturated heterocycles. The van der Waals surface area contributed by atoms with E-state index in [0.717, 1.165) is 6.07 Å². The summed E-state index contributed by atoms with van der Waals surface area (Å²) < 4.78 is -0.0186. The fraction of sp³-hybridized carbons (Fsp3) is 0. The maximum atomic E-state index is 11.2. The predicted molar refractivity (Wildman–Crippen MR) is 72.2 cm³/mol. The van der Waals surface area contributed by atoms with Crippen molar-refractivity contribution in [2.24, 2.45) is 0 Å². The van der Waals surface area contributed by atoms with E-state index in [-0.39, 0.29) is 32.1 Å². The Balaban J connectivity index is 3.09. The van der Waals surface area contributed by atoms with E-state index in [2.05, 4.69) is 15.9 Å². The molecule has 0 unspecified atom stereocenters. The third kappa shape index (κ3) is 2.10. The molecule has 7 nitrogen and oxygen atoms in total. The van der Waals surface area contributed by atoms with E-state index in [1.54, 1.807) is 0 Å². The van der Waals surface area contributed by atoms with Gasteiger partial charge in [0.05, 0.1) is 25.9 Å². The molecule has 0 amide bonds. The minimum absolute atomic E-state index is 0.0186. The third-order valence-corrected chi connectivity index (χ3v) is 3.33. The van der Waals surface area contributed by atoms with E-state index >= 15 is 0 Å². The fourth-order valence-corrected chi connectivity index (χ4v) is 2.56. The molecule has 0 atom stereocenters. The first-order chi connectivity index (χ1) is 9.34. The molecule has 0 heterocycles. The van der Waals surface area contributed by atoms with Crippen molar-refractivity contribution in [2.75, 3.05) is 0 Å². The van der Waals surface area contributed by atoms with Gasteiger partial charge in [-0.05, 0) is 34.1 Å². The summed E-state index contributed by atoms with van der Waals surface area (Å²) >= 11 is 2.95. The smallest absolute Gasteiger partial charge is 0.336 e. The molecule has 2 N–H and O–H groups in total. The topological polar surface area (TPSA) is 118 Å². The van der Waals surface area contributed by atoms with Crippen molar-refractivity contribution in [3.05, 3.63) is 50.0 Å². The fourth-order valence-electron chi connectivity index (χ4n) is 1.97. The zero-order valence-electron chi connectivity index (χ0n) is 9.66. The van der Waals surface area contributed by atoms with Gasteiger partial charge in [-0.25, -0.2) is 9.59 Å². The highest BCUT2D eigenvalue weighted by atomic mass is 79.9. The molecule has 0 aliphatic heterocycles. The number of nitro groups is 1. The van der Waals surface area contributed by atoms with Crippen LogP contribution in [0.3, 0.4) is 0 Å². The van der Waals surface area contributed by atoms with Gasteiger partial charge in [0.1, 0.15) is 0 Å². The minimum Gasteiger partial charge on any atom is -0.478 e. The normalized spacial score (nSPS) is 10.4. The number of nitro benzene ring substituents is 1. The standard InChI is InChI=1S/C12H6BrNO6/c13-8-4-7(12(17)18)9-5(10(8)14(19)20)2-1-3-6(9)11(15)16/h1-4H,(H,15,16)(H,17,18). The number of carboxylic acid groups (broad SMARTS) is 2. The molecule has 0 spiro atoms. The zero-order valence-corrected chi connectivity index (χ0v) is 11.2. The number of benzene rings is 2. The van der Waals surface area contributed by atoms with Crippen LogP contribution in [-0.4, -0.2) is 27.1 Å². The van der Waals surface area contributed by atoms with Gasteiger partial charge in [0.2, 0.25) is 0 Å². The van der Waals surface area contributed by atoms with Crippen molar-refractivity contribution in [1.29, 1.82) is 0 Å².